The SMILES string of the molecule is CCOc1cccc2c1CCn1c-2cc(SCc2ccccc2)nc1=O. The molecule has 0 amide bonds. The van der Waals surface area contributed by atoms with Crippen LogP contribution in [0.15, 0.2) is 64.4 Å². The lowest BCUT2D eigenvalue weighted by molar-refractivity contribution is 0.335. The zero-order chi connectivity index (χ0) is 17.9. The van der Waals surface area contributed by atoms with Crippen molar-refractivity contribution in [3.63, 3.8) is 0 Å². The van der Waals surface area contributed by atoms with E-state index in [2.05, 4.69) is 23.2 Å². The van der Waals surface area contributed by atoms with E-state index in [1.807, 2.05) is 43.3 Å². The van der Waals surface area contributed by atoms with Crippen LogP contribution in [0, 0.1) is 0 Å². The highest BCUT2D eigenvalue weighted by molar-refractivity contribution is 7.98. The molecule has 132 valence electrons. The first-order valence-corrected chi connectivity index (χ1v) is 9.78. The highest BCUT2D eigenvalue weighted by Crippen LogP contribution is 2.35. The molecule has 1 aliphatic rings. The van der Waals surface area contributed by atoms with E-state index < -0.39 is 0 Å². The van der Waals surface area contributed by atoms with Crippen LogP contribution >= 0.6 is 11.8 Å². The molecule has 0 saturated carbocycles. The second-order valence-corrected chi connectivity index (χ2v) is 7.15. The van der Waals surface area contributed by atoms with Gasteiger partial charge in [-0.25, -0.2) is 4.79 Å². The minimum Gasteiger partial charge on any atom is -0.494 e. The summed E-state index contributed by atoms with van der Waals surface area (Å²) in [4.78, 5) is 16.8. The average Bonchev–Trinajstić information content (AvgIpc) is 2.67. The van der Waals surface area contributed by atoms with Crippen molar-refractivity contribution in [2.45, 2.75) is 30.7 Å². The Balaban J connectivity index is 1.70. The van der Waals surface area contributed by atoms with Gasteiger partial charge in [0.25, 0.3) is 0 Å². The number of hydrogen-bond acceptors (Lipinski definition) is 4. The standard InChI is InChI=1S/C21H20N2O2S/c1-2-25-19-10-6-9-16-17(19)11-12-23-18(16)13-20(22-21(23)24)26-14-15-7-4-3-5-8-15/h3-10,13H,2,11-12,14H2,1H3. The van der Waals surface area contributed by atoms with Crippen molar-refractivity contribution in [2.24, 2.45) is 0 Å². The van der Waals surface area contributed by atoms with E-state index in [0.29, 0.717) is 13.2 Å². The maximum absolute atomic E-state index is 12.5. The number of aromatic nitrogens is 2. The summed E-state index contributed by atoms with van der Waals surface area (Å²) in [6.07, 6.45) is 0.788. The number of hydrogen-bond donors (Lipinski definition) is 0. The van der Waals surface area contributed by atoms with E-state index in [9.17, 15) is 4.79 Å². The Morgan fingerprint density at radius 1 is 1.15 bits per heavy atom. The molecule has 0 saturated heterocycles. The molecule has 2 aromatic carbocycles. The minimum absolute atomic E-state index is 0.175. The summed E-state index contributed by atoms with van der Waals surface area (Å²) >= 11 is 1.59. The predicted molar refractivity (Wildman–Crippen MR) is 105 cm³/mol. The van der Waals surface area contributed by atoms with Crippen LogP contribution in [-0.4, -0.2) is 16.2 Å². The van der Waals surface area contributed by atoms with Crippen molar-refractivity contribution in [3.8, 4) is 17.0 Å². The summed E-state index contributed by atoms with van der Waals surface area (Å²) in [5, 5.41) is 0.764. The fraction of sp³-hybridized carbons (Fsp3) is 0.238. The van der Waals surface area contributed by atoms with Gasteiger partial charge in [-0.15, -0.1) is 11.8 Å². The van der Waals surface area contributed by atoms with Gasteiger partial charge in [0.05, 0.1) is 12.3 Å². The van der Waals surface area contributed by atoms with Crippen molar-refractivity contribution in [1.82, 2.24) is 9.55 Å². The lowest BCUT2D eigenvalue weighted by Crippen LogP contribution is -2.28. The second-order valence-electron chi connectivity index (χ2n) is 6.15. The van der Waals surface area contributed by atoms with Crippen LogP contribution in [0.4, 0.5) is 0 Å². The van der Waals surface area contributed by atoms with Crippen LogP contribution in [0.25, 0.3) is 11.3 Å². The van der Waals surface area contributed by atoms with E-state index in [1.165, 1.54) is 11.1 Å². The maximum atomic E-state index is 12.5. The molecule has 1 aliphatic heterocycles. The monoisotopic (exact) mass is 364 g/mol. The quantitative estimate of drug-likeness (QED) is 0.504. The third-order valence-electron chi connectivity index (χ3n) is 4.51. The Kier molecular flexibility index (Phi) is 4.80. The summed E-state index contributed by atoms with van der Waals surface area (Å²) in [6, 6.07) is 18.3. The molecule has 4 nitrogen and oxygen atoms in total. The summed E-state index contributed by atoms with van der Waals surface area (Å²) < 4.78 is 7.55. The van der Waals surface area contributed by atoms with Crippen molar-refractivity contribution in [3.05, 3.63) is 76.2 Å². The van der Waals surface area contributed by atoms with Gasteiger partial charge in [-0.3, -0.25) is 4.57 Å². The van der Waals surface area contributed by atoms with Gasteiger partial charge in [-0.2, -0.15) is 4.98 Å². The lowest BCUT2D eigenvalue weighted by Gasteiger charge is -2.23. The van der Waals surface area contributed by atoms with E-state index >= 15 is 0 Å². The summed E-state index contributed by atoms with van der Waals surface area (Å²) in [7, 11) is 0. The van der Waals surface area contributed by atoms with Gasteiger partial charge < -0.3 is 4.74 Å². The highest BCUT2D eigenvalue weighted by Gasteiger charge is 2.21. The molecule has 5 heteroatoms. The maximum Gasteiger partial charge on any atom is 0.349 e. The predicted octanol–water partition coefficient (Wildman–Crippen LogP) is 4.16. The minimum atomic E-state index is -0.175. The number of fused-ring (bicyclic) bond motifs is 3. The second kappa shape index (κ2) is 7.38. The number of thioether (sulfide) groups is 1. The van der Waals surface area contributed by atoms with E-state index in [4.69, 9.17) is 4.74 Å². The molecule has 0 spiro atoms. The number of ether oxygens (including phenoxy) is 1. The molecule has 0 radical (unpaired) electrons. The molecular formula is C21H20N2O2S. The zero-order valence-corrected chi connectivity index (χ0v) is 15.5. The van der Waals surface area contributed by atoms with Gasteiger partial charge in [-0.05, 0) is 31.0 Å². The average molecular weight is 364 g/mol. The van der Waals surface area contributed by atoms with Crippen LogP contribution in [0.5, 0.6) is 5.75 Å². The van der Waals surface area contributed by atoms with E-state index in [1.54, 1.807) is 16.3 Å². The van der Waals surface area contributed by atoms with Crippen LogP contribution < -0.4 is 10.4 Å². The smallest absolute Gasteiger partial charge is 0.349 e. The molecule has 3 aromatic rings. The normalized spacial score (nSPS) is 12.3. The van der Waals surface area contributed by atoms with Crippen LogP contribution in [0.2, 0.25) is 0 Å². The fourth-order valence-corrected chi connectivity index (χ4v) is 4.15. The van der Waals surface area contributed by atoms with Gasteiger partial charge in [0.1, 0.15) is 10.8 Å². The molecule has 0 bridgehead atoms. The third kappa shape index (κ3) is 3.27. The Morgan fingerprint density at radius 2 is 2.00 bits per heavy atom. The Labute approximate surface area is 156 Å². The van der Waals surface area contributed by atoms with Crippen molar-refractivity contribution < 1.29 is 4.74 Å². The van der Waals surface area contributed by atoms with Gasteiger partial charge in [0, 0.05) is 23.4 Å². The van der Waals surface area contributed by atoms with Crippen LogP contribution in [-0.2, 0) is 18.7 Å². The Morgan fingerprint density at radius 3 is 2.81 bits per heavy atom. The topological polar surface area (TPSA) is 44.1 Å². The summed E-state index contributed by atoms with van der Waals surface area (Å²) in [6.45, 7) is 3.27. The van der Waals surface area contributed by atoms with Gasteiger partial charge in [-0.1, -0.05) is 42.5 Å². The molecule has 26 heavy (non-hydrogen) atoms. The molecule has 0 fully saturated rings. The van der Waals surface area contributed by atoms with Crippen LogP contribution in [0.3, 0.4) is 0 Å². The summed E-state index contributed by atoms with van der Waals surface area (Å²) in [5.74, 6) is 1.71. The first-order chi connectivity index (χ1) is 12.8. The Hall–Kier alpha value is -2.53. The molecule has 1 aromatic heterocycles. The molecule has 0 aliphatic carbocycles. The molecule has 0 unspecified atom stereocenters. The number of rotatable bonds is 5. The largest absolute Gasteiger partial charge is 0.494 e. The van der Waals surface area contributed by atoms with Gasteiger partial charge in [0.15, 0.2) is 0 Å². The number of nitrogens with zero attached hydrogens (tertiary/aromatic N) is 2. The summed E-state index contributed by atoms with van der Waals surface area (Å²) in [5.41, 5.74) is 4.23. The van der Waals surface area contributed by atoms with Crippen molar-refractivity contribution in [1.29, 1.82) is 0 Å². The molecule has 2 heterocycles. The third-order valence-corrected chi connectivity index (χ3v) is 5.49. The molecule has 0 N–H and O–H groups in total. The highest BCUT2D eigenvalue weighted by atomic mass is 32.2. The van der Waals surface area contributed by atoms with E-state index in [-0.39, 0.29) is 5.69 Å². The van der Waals surface area contributed by atoms with Crippen molar-refractivity contribution in [2.75, 3.05) is 6.61 Å². The van der Waals surface area contributed by atoms with Crippen molar-refractivity contribution >= 4 is 11.8 Å². The molecule has 0 atom stereocenters. The zero-order valence-electron chi connectivity index (χ0n) is 14.6. The number of benzene rings is 2. The van der Waals surface area contributed by atoms with Crippen LogP contribution in [0.1, 0.15) is 18.1 Å². The lowest BCUT2D eigenvalue weighted by atomic mass is 9.97. The fourth-order valence-electron chi connectivity index (χ4n) is 3.31. The first kappa shape index (κ1) is 16.9. The van der Waals surface area contributed by atoms with Gasteiger partial charge >= 0.3 is 5.69 Å². The van der Waals surface area contributed by atoms with Gasteiger partial charge in [0.2, 0.25) is 0 Å². The molecule has 4 rings (SSSR count). The molecular weight excluding hydrogens is 344 g/mol. The first-order valence-electron chi connectivity index (χ1n) is 8.80. The Bertz CT molecular complexity index is 983. The van der Waals surface area contributed by atoms with E-state index in [0.717, 1.165) is 34.2 Å².